The highest BCUT2D eigenvalue weighted by Crippen LogP contribution is 2.28. The quantitative estimate of drug-likeness (QED) is 0.470. The Kier molecular flexibility index (Phi) is 4.64. The third-order valence-corrected chi connectivity index (χ3v) is 5.60. The van der Waals surface area contributed by atoms with E-state index in [0.717, 1.165) is 57.5 Å². The van der Waals surface area contributed by atoms with E-state index in [1.165, 1.54) is 0 Å². The summed E-state index contributed by atoms with van der Waals surface area (Å²) in [4.78, 5) is 12.9. The first-order valence-electron chi connectivity index (χ1n) is 10.0. The molecule has 1 aromatic heterocycles. The van der Waals surface area contributed by atoms with Crippen LogP contribution in [0.2, 0.25) is 0 Å². The van der Waals surface area contributed by atoms with Crippen LogP contribution in [0.3, 0.4) is 0 Å². The Hall–Kier alpha value is -3.73. The molecule has 5 nitrogen and oxygen atoms in total. The second kappa shape index (κ2) is 7.59. The molecule has 1 aliphatic carbocycles. The van der Waals surface area contributed by atoms with Crippen LogP contribution < -0.4 is 4.74 Å². The summed E-state index contributed by atoms with van der Waals surface area (Å²) < 4.78 is 7.44. The highest BCUT2D eigenvalue weighted by atomic mass is 16.5. The monoisotopic (exact) mass is 395 g/mol. The predicted octanol–water partition coefficient (Wildman–Crippen LogP) is 4.70. The molecule has 0 fully saturated rings. The first kappa shape index (κ1) is 18.3. The van der Waals surface area contributed by atoms with Gasteiger partial charge < -0.3 is 4.74 Å². The topological polar surface area (TPSA) is 57.0 Å². The zero-order chi connectivity index (χ0) is 20.5. The van der Waals surface area contributed by atoms with Crippen molar-refractivity contribution in [2.24, 2.45) is 0 Å². The zero-order valence-corrected chi connectivity index (χ0v) is 16.7. The molecule has 0 aliphatic heterocycles. The van der Waals surface area contributed by atoms with Crippen molar-refractivity contribution in [1.82, 2.24) is 15.0 Å². The maximum atomic E-state index is 12.9. The maximum Gasteiger partial charge on any atom is 0.189 e. The molecule has 0 spiro atoms. The van der Waals surface area contributed by atoms with E-state index < -0.39 is 0 Å². The molecular weight excluding hydrogens is 374 g/mol. The number of nitrogens with zero attached hydrogens (tertiary/aromatic N) is 3. The lowest BCUT2D eigenvalue weighted by molar-refractivity contribution is 0.102. The molecule has 3 aromatic carbocycles. The molecule has 4 aromatic rings. The van der Waals surface area contributed by atoms with Crippen molar-refractivity contribution in [1.29, 1.82) is 0 Å². The number of methoxy groups -OCH3 is 1. The summed E-state index contributed by atoms with van der Waals surface area (Å²) in [5, 5.41) is 8.52. The maximum absolute atomic E-state index is 12.9. The molecule has 0 saturated heterocycles. The number of benzene rings is 3. The van der Waals surface area contributed by atoms with Crippen LogP contribution in [-0.2, 0) is 13.0 Å². The van der Waals surface area contributed by atoms with E-state index in [-0.39, 0.29) is 5.78 Å². The van der Waals surface area contributed by atoms with E-state index in [4.69, 9.17) is 4.74 Å². The van der Waals surface area contributed by atoms with E-state index in [0.29, 0.717) is 6.54 Å². The minimum Gasteiger partial charge on any atom is -0.496 e. The van der Waals surface area contributed by atoms with Gasteiger partial charge in [-0.05, 0) is 54.3 Å². The van der Waals surface area contributed by atoms with Gasteiger partial charge in [0, 0.05) is 16.7 Å². The SMILES string of the molecule is COc1ccc(/C=C2/CCc3ccccc3C2=O)cc1Cn1nnc2ccccc21. The Labute approximate surface area is 174 Å². The molecule has 5 heteroatoms. The fourth-order valence-electron chi connectivity index (χ4n) is 4.06. The first-order valence-corrected chi connectivity index (χ1v) is 10.0. The standard InChI is InChI=1S/C25H21N3O2/c1-30-24-13-10-17(14-19-12-11-18-6-2-3-7-21(18)25(19)29)15-20(24)16-28-23-9-5-4-8-22(23)26-27-28/h2-10,13-15H,11-12,16H2,1H3/b19-14-. The third kappa shape index (κ3) is 3.28. The molecule has 0 saturated carbocycles. The van der Waals surface area contributed by atoms with Gasteiger partial charge >= 0.3 is 0 Å². The molecule has 1 heterocycles. The Morgan fingerprint density at radius 3 is 2.77 bits per heavy atom. The third-order valence-electron chi connectivity index (χ3n) is 5.60. The summed E-state index contributed by atoms with van der Waals surface area (Å²) in [5.74, 6) is 0.911. The Bertz CT molecular complexity index is 1290. The molecule has 1 aliphatic rings. The molecule has 0 N–H and O–H groups in total. The molecule has 0 amide bonds. The van der Waals surface area contributed by atoms with Crippen LogP contribution in [0, 0.1) is 0 Å². The fraction of sp³-hybridized carbons (Fsp3) is 0.160. The average molecular weight is 395 g/mol. The number of aryl methyl sites for hydroxylation is 1. The fourth-order valence-corrected chi connectivity index (χ4v) is 4.06. The number of Topliss-reactive ketones (excluding diaryl/α,β-unsaturated/α-hetero) is 1. The molecular formula is C25H21N3O2. The van der Waals surface area contributed by atoms with Crippen LogP contribution in [0.1, 0.15) is 33.5 Å². The van der Waals surface area contributed by atoms with Gasteiger partial charge in [0.05, 0.1) is 19.2 Å². The molecule has 5 rings (SSSR count). The summed E-state index contributed by atoms with van der Waals surface area (Å²) in [7, 11) is 1.66. The zero-order valence-electron chi connectivity index (χ0n) is 16.7. The van der Waals surface area contributed by atoms with Gasteiger partial charge in [-0.15, -0.1) is 5.10 Å². The van der Waals surface area contributed by atoms with Gasteiger partial charge in [0.25, 0.3) is 0 Å². The van der Waals surface area contributed by atoms with Gasteiger partial charge in [-0.3, -0.25) is 4.79 Å². The van der Waals surface area contributed by atoms with E-state index in [1.54, 1.807) is 7.11 Å². The largest absolute Gasteiger partial charge is 0.496 e. The number of hydrogen-bond donors (Lipinski definition) is 0. The van der Waals surface area contributed by atoms with E-state index >= 15 is 0 Å². The number of para-hydroxylation sites is 1. The minimum absolute atomic E-state index is 0.122. The summed E-state index contributed by atoms with van der Waals surface area (Å²) in [6.07, 6.45) is 3.65. The summed E-state index contributed by atoms with van der Waals surface area (Å²) in [5.41, 5.74) is 6.61. The summed E-state index contributed by atoms with van der Waals surface area (Å²) >= 11 is 0. The van der Waals surface area contributed by atoms with Crippen LogP contribution >= 0.6 is 0 Å². The van der Waals surface area contributed by atoms with E-state index in [1.807, 2.05) is 71.4 Å². The van der Waals surface area contributed by atoms with Crippen molar-refractivity contribution in [2.45, 2.75) is 19.4 Å². The Morgan fingerprint density at radius 1 is 1.03 bits per heavy atom. The number of rotatable bonds is 4. The van der Waals surface area contributed by atoms with Crippen LogP contribution in [0.25, 0.3) is 17.1 Å². The van der Waals surface area contributed by atoms with Crippen molar-refractivity contribution in [3.8, 4) is 5.75 Å². The molecule has 0 radical (unpaired) electrons. The van der Waals surface area contributed by atoms with Crippen molar-refractivity contribution < 1.29 is 9.53 Å². The number of hydrogen-bond acceptors (Lipinski definition) is 4. The number of allylic oxidation sites excluding steroid dienone is 1. The van der Waals surface area contributed by atoms with Crippen LogP contribution in [0.5, 0.6) is 5.75 Å². The number of aromatic nitrogens is 3. The lowest BCUT2D eigenvalue weighted by atomic mass is 9.86. The van der Waals surface area contributed by atoms with Crippen LogP contribution in [-0.4, -0.2) is 27.9 Å². The number of ether oxygens (including phenoxy) is 1. The smallest absolute Gasteiger partial charge is 0.189 e. The van der Waals surface area contributed by atoms with Gasteiger partial charge in [0.1, 0.15) is 11.3 Å². The van der Waals surface area contributed by atoms with E-state index in [2.05, 4.69) is 16.4 Å². The normalized spacial score (nSPS) is 14.8. The molecule has 0 bridgehead atoms. The molecule has 148 valence electrons. The lowest BCUT2D eigenvalue weighted by Crippen LogP contribution is -2.13. The van der Waals surface area contributed by atoms with Crippen molar-refractivity contribution in [3.63, 3.8) is 0 Å². The van der Waals surface area contributed by atoms with Crippen molar-refractivity contribution in [3.05, 3.63) is 94.6 Å². The van der Waals surface area contributed by atoms with Crippen LogP contribution in [0.4, 0.5) is 0 Å². The lowest BCUT2D eigenvalue weighted by Gasteiger charge is -2.17. The van der Waals surface area contributed by atoms with Gasteiger partial charge in [0.2, 0.25) is 0 Å². The molecule has 0 atom stereocenters. The summed E-state index contributed by atoms with van der Waals surface area (Å²) in [6.45, 7) is 0.539. The number of ketones is 1. The second-order valence-corrected chi connectivity index (χ2v) is 7.46. The summed E-state index contributed by atoms with van der Waals surface area (Å²) in [6, 6.07) is 21.8. The highest BCUT2D eigenvalue weighted by Gasteiger charge is 2.21. The van der Waals surface area contributed by atoms with Crippen LogP contribution in [0.15, 0.2) is 72.3 Å². The average Bonchev–Trinajstić information content (AvgIpc) is 3.19. The minimum atomic E-state index is 0.122. The van der Waals surface area contributed by atoms with Gasteiger partial charge in [-0.1, -0.05) is 47.7 Å². The van der Waals surface area contributed by atoms with Crippen molar-refractivity contribution >= 4 is 22.9 Å². The number of carbonyl (C=O) groups excluding carboxylic acids is 1. The Balaban J connectivity index is 1.49. The highest BCUT2D eigenvalue weighted by molar-refractivity contribution is 6.13. The van der Waals surface area contributed by atoms with Gasteiger partial charge in [-0.25, -0.2) is 4.68 Å². The molecule has 0 unspecified atom stereocenters. The second-order valence-electron chi connectivity index (χ2n) is 7.46. The van der Waals surface area contributed by atoms with Gasteiger partial charge in [0.15, 0.2) is 5.78 Å². The van der Waals surface area contributed by atoms with Crippen molar-refractivity contribution in [2.75, 3.05) is 7.11 Å². The van der Waals surface area contributed by atoms with Gasteiger partial charge in [-0.2, -0.15) is 0 Å². The number of fused-ring (bicyclic) bond motifs is 2. The predicted molar refractivity (Wildman–Crippen MR) is 117 cm³/mol. The van der Waals surface area contributed by atoms with E-state index in [9.17, 15) is 4.79 Å². The molecule has 30 heavy (non-hydrogen) atoms. The first-order chi connectivity index (χ1) is 14.7. The Morgan fingerprint density at radius 2 is 1.87 bits per heavy atom. The number of carbonyl (C=O) groups is 1.